The average Bonchev–Trinajstić information content (AvgIpc) is 2.38. The lowest BCUT2D eigenvalue weighted by Crippen LogP contribution is -2.33. The molecule has 0 atom stereocenters. The van der Waals surface area contributed by atoms with Gasteiger partial charge in [-0.05, 0) is 25.0 Å². The lowest BCUT2D eigenvalue weighted by molar-refractivity contribution is 0.487. The zero-order chi connectivity index (χ0) is 12.3. The molecule has 1 heterocycles. The third-order valence-corrected chi connectivity index (χ3v) is 3.44. The van der Waals surface area contributed by atoms with Crippen molar-refractivity contribution in [3.05, 3.63) is 28.8 Å². The van der Waals surface area contributed by atoms with Crippen molar-refractivity contribution in [3.8, 4) is 12.1 Å². The van der Waals surface area contributed by atoms with Gasteiger partial charge in [0.1, 0.15) is 6.07 Å². The van der Waals surface area contributed by atoms with E-state index in [1.54, 1.807) is 6.07 Å². The van der Waals surface area contributed by atoms with Crippen LogP contribution in [0.4, 0.5) is 5.69 Å². The van der Waals surface area contributed by atoms with Gasteiger partial charge < -0.3 is 4.90 Å². The molecule has 86 valence electrons. The van der Waals surface area contributed by atoms with Crippen molar-refractivity contribution >= 4 is 17.3 Å². The van der Waals surface area contributed by atoms with E-state index in [0.29, 0.717) is 10.6 Å². The highest BCUT2D eigenvalue weighted by Crippen LogP contribution is 2.29. The maximum absolute atomic E-state index is 9.11. The number of nitriles is 2. The van der Waals surface area contributed by atoms with Gasteiger partial charge in [0.05, 0.1) is 22.3 Å². The van der Waals surface area contributed by atoms with Crippen LogP contribution in [0.25, 0.3) is 0 Å². The largest absolute Gasteiger partial charge is 0.370 e. The Morgan fingerprint density at radius 2 is 1.94 bits per heavy atom. The van der Waals surface area contributed by atoms with Gasteiger partial charge in [-0.2, -0.15) is 10.5 Å². The van der Waals surface area contributed by atoms with Crippen LogP contribution < -0.4 is 4.90 Å². The predicted octanol–water partition coefficient (Wildman–Crippen LogP) is 2.95. The fraction of sp³-hybridized carbons (Fsp3) is 0.385. The second-order valence-electron chi connectivity index (χ2n) is 4.14. The molecule has 1 aromatic carbocycles. The summed E-state index contributed by atoms with van der Waals surface area (Å²) in [5.41, 5.74) is 1.42. The molecule has 4 heteroatoms. The quantitative estimate of drug-likeness (QED) is 0.764. The summed E-state index contributed by atoms with van der Waals surface area (Å²) in [6.45, 7) is 1.63. The molecule has 1 aromatic rings. The number of benzene rings is 1. The first-order valence-electron chi connectivity index (χ1n) is 5.59. The van der Waals surface area contributed by atoms with Crippen molar-refractivity contribution in [2.75, 3.05) is 18.0 Å². The number of nitrogens with zero attached hydrogens (tertiary/aromatic N) is 3. The molecule has 0 aromatic heterocycles. The van der Waals surface area contributed by atoms with Crippen LogP contribution in [0.1, 0.15) is 18.4 Å². The second-order valence-corrected chi connectivity index (χ2v) is 4.54. The Bertz CT molecular complexity index is 490. The lowest BCUT2D eigenvalue weighted by Gasteiger charge is -2.31. The van der Waals surface area contributed by atoms with E-state index in [1.807, 2.05) is 12.1 Å². The molecule has 3 nitrogen and oxygen atoms in total. The molecule has 0 unspecified atom stereocenters. The first-order chi connectivity index (χ1) is 8.26. The molecule has 1 aliphatic rings. The molecular formula is C13H12ClN3. The van der Waals surface area contributed by atoms with Crippen LogP contribution >= 0.6 is 11.6 Å². The summed E-state index contributed by atoms with van der Waals surface area (Å²) in [5.74, 6) is 0.149. The van der Waals surface area contributed by atoms with Crippen LogP contribution in [0.5, 0.6) is 0 Å². The molecule has 0 bridgehead atoms. The van der Waals surface area contributed by atoms with Crippen molar-refractivity contribution < 1.29 is 0 Å². The van der Waals surface area contributed by atoms with E-state index in [1.165, 1.54) is 0 Å². The molecule has 2 rings (SSSR count). The summed E-state index contributed by atoms with van der Waals surface area (Å²) in [7, 11) is 0. The summed E-state index contributed by atoms with van der Waals surface area (Å²) in [4.78, 5) is 2.14. The zero-order valence-electron chi connectivity index (χ0n) is 9.36. The Morgan fingerprint density at radius 1 is 1.24 bits per heavy atom. The summed E-state index contributed by atoms with van der Waals surface area (Å²) < 4.78 is 0. The van der Waals surface area contributed by atoms with Gasteiger partial charge in [0.15, 0.2) is 0 Å². The lowest BCUT2D eigenvalue weighted by atomic mass is 9.97. The number of anilines is 1. The van der Waals surface area contributed by atoms with Crippen molar-refractivity contribution in [1.82, 2.24) is 0 Å². The van der Waals surface area contributed by atoms with E-state index < -0.39 is 0 Å². The highest BCUT2D eigenvalue weighted by molar-refractivity contribution is 6.32. The number of piperidine rings is 1. The number of hydrogen-bond acceptors (Lipinski definition) is 3. The fourth-order valence-corrected chi connectivity index (χ4v) is 2.35. The maximum Gasteiger partial charge on any atom is 0.103 e. The van der Waals surface area contributed by atoms with E-state index in [0.717, 1.165) is 31.6 Å². The van der Waals surface area contributed by atoms with Crippen LogP contribution in [-0.4, -0.2) is 13.1 Å². The maximum atomic E-state index is 9.11. The van der Waals surface area contributed by atoms with Gasteiger partial charge in [0, 0.05) is 19.0 Å². The van der Waals surface area contributed by atoms with E-state index in [4.69, 9.17) is 22.1 Å². The normalized spacial score (nSPS) is 16.3. The monoisotopic (exact) mass is 245 g/mol. The minimum Gasteiger partial charge on any atom is -0.370 e. The van der Waals surface area contributed by atoms with Gasteiger partial charge in [-0.15, -0.1) is 0 Å². The third-order valence-electron chi connectivity index (χ3n) is 3.12. The molecule has 17 heavy (non-hydrogen) atoms. The molecule has 0 amide bonds. The highest BCUT2D eigenvalue weighted by Gasteiger charge is 2.21. The highest BCUT2D eigenvalue weighted by atomic mass is 35.5. The van der Waals surface area contributed by atoms with Crippen LogP contribution in [0.3, 0.4) is 0 Å². The standard InChI is InChI=1S/C13H12ClN3/c14-12-2-1-3-13(11(12)9-16)17-6-4-10(8-15)5-7-17/h1-3,10H,4-7H2. The van der Waals surface area contributed by atoms with E-state index in [-0.39, 0.29) is 5.92 Å². The Labute approximate surface area is 106 Å². The molecule has 1 saturated heterocycles. The topological polar surface area (TPSA) is 50.8 Å². The van der Waals surface area contributed by atoms with Crippen LogP contribution in [0, 0.1) is 28.6 Å². The molecule has 1 fully saturated rings. The Hall–Kier alpha value is -1.71. The molecule has 0 N–H and O–H groups in total. The van der Waals surface area contributed by atoms with Gasteiger partial charge >= 0.3 is 0 Å². The summed E-state index contributed by atoms with van der Waals surface area (Å²) >= 11 is 6.00. The minimum atomic E-state index is 0.149. The summed E-state index contributed by atoms with van der Waals surface area (Å²) in [5, 5.41) is 18.5. The molecular weight excluding hydrogens is 234 g/mol. The molecule has 0 radical (unpaired) electrons. The van der Waals surface area contributed by atoms with Crippen LogP contribution in [0.2, 0.25) is 5.02 Å². The molecule has 0 spiro atoms. The number of halogens is 1. The van der Waals surface area contributed by atoms with Gasteiger partial charge in [0.2, 0.25) is 0 Å². The Morgan fingerprint density at radius 3 is 2.53 bits per heavy atom. The smallest absolute Gasteiger partial charge is 0.103 e. The van der Waals surface area contributed by atoms with Crippen molar-refractivity contribution in [1.29, 1.82) is 10.5 Å². The van der Waals surface area contributed by atoms with Gasteiger partial charge in [-0.3, -0.25) is 0 Å². The fourth-order valence-electron chi connectivity index (χ4n) is 2.14. The number of rotatable bonds is 1. The van der Waals surface area contributed by atoms with E-state index >= 15 is 0 Å². The van der Waals surface area contributed by atoms with Gasteiger partial charge in [-0.1, -0.05) is 17.7 Å². The van der Waals surface area contributed by atoms with Gasteiger partial charge in [0.25, 0.3) is 0 Å². The third kappa shape index (κ3) is 2.35. The van der Waals surface area contributed by atoms with Crippen molar-refractivity contribution in [3.63, 3.8) is 0 Å². The molecule has 1 aliphatic heterocycles. The van der Waals surface area contributed by atoms with E-state index in [9.17, 15) is 0 Å². The average molecular weight is 246 g/mol. The Balaban J connectivity index is 2.23. The number of hydrogen-bond donors (Lipinski definition) is 0. The zero-order valence-corrected chi connectivity index (χ0v) is 10.1. The predicted molar refractivity (Wildman–Crippen MR) is 66.7 cm³/mol. The van der Waals surface area contributed by atoms with Crippen molar-refractivity contribution in [2.45, 2.75) is 12.8 Å². The minimum absolute atomic E-state index is 0.149. The SMILES string of the molecule is N#Cc1c(Cl)cccc1N1CCC(C#N)CC1. The van der Waals surface area contributed by atoms with Crippen LogP contribution in [-0.2, 0) is 0 Å². The molecule has 0 saturated carbocycles. The summed E-state index contributed by atoms with van der Waals surface area (Å²) in [6.07, 6.45) is 1.71. The van der Waals surface area contributed by atoms with Crippen LogP contribution in [0.15, 0.2) is 18.2 Å². The van der Waals surface area contributed by atoms with E-state index in [2.05, 4.69) is 17.0 Å². The first kappa shape index (κ1) is 11.8. The Kier molecular flexibility index (Phi) is 3.52. The molecule has 0 aliphatic carbocycles. The van der Waals surface area contributed by atoms with Crippen molar-refractivity contribution in [2.24, 2.45) is 5.92 Å². The van der Waals surface area contributed by atoms with Gasteiger partial charge in [-0.25, -0.2) is 0 Å². The summed E-state index contributed by atoms with van der Waals surface area (Å²) in [6, 6.07) is 9.94. The first-order valence-corrected chi connectivity index (χ1v) is 5.97. The second kappa shape index (κ2) is 5.08.